The van der Waals surface area contributed by atoms with Crippen LogP contribution < -0.4 is 5.32 Å². The monoisotopic (exact) mass is 339 g/mol. The lowest BCUT2D eigenvalue weighted by molar-refractivity contribution is -0.116. The fourth-order valence-electron chi connectivity index (χ4n) is 2.49. The van der Waals surface area contributed by atoms with E-state index >= 15 is 0 Å². The molecule has 8 heteroatoms. The number of carbonyl (C=O) groups excluding carboxylic acids is 1. The Kier molecular flexibility index (Phi) is 4.34. The highest BCUT2D eigenvalue weighted by atomic mass is 16.4. The molecule has 25 heavy (non-hydrogen) atoms. The van der Waals surface area contributed by atoms with Gasteiger partial charge in [0.25, 0.3) is 0 Å². The zero-order valence-electron chi connectivity index (χ0n) is 13.8. The van der Waals surface area contributed by atoms with Crippen molar-refractivity contribution in [3.63, 3.8) is 0 Å². The number of hydrogen-bond acceptors (Lipinski definition) is 4. The molecule has 0 radical (unpaired) electrons. The number of hydrogen-bond donors (Lipinski definition) is 2. The summed E-state index contributed by atoms with van der Waals surface area (Å²) in [5, 5.41) is 20.2. The molecule has 1 amide bonds. The SMILES string of the molecule is Cc1cc(NC(=O)Cn2cc(-c3cccc(C(=O)O)c3)cn2)n(C)n1. The summed E-state index contributed by atoms with van der Waals surface area (Å²) in [6, 6.07) is 8.35. The Bertz CT molecular complexity index is 941. The van der Waals surface area contributed by atoms with E-state index < -0.39 is 5.97 Å². The van der Waals surface area contributed by atoms with E-state index in [0.29, 0.717) is 5.82 Å². The van der Waals surface area contributed by atoms with Crippen molar-refractivity contribution in [1.82, 2.24) is 19.6 Å². The fraction of sp³-hybridized carbons (Fsp3) is 0.176. The van der Waals surface area contributed by atoms with Crippen LogP contribution in [0.3, 0.4) is 0 Å². The minimum atomic E-state index is -0.986. The zero-order valence-corrected chi connectivity index (χ0v) is 13.8. The number of rotatable bonds is 5. The lowest BCUT2D eigenvalue weighted by Gasteiger charge is -2.05. The molecule has 0 saturated carbocycles. The summed E-state index contributed by atoms with van der Waals surface area (Å²) in [6.45, 7) is 1.89. The summed E-state index contributed by atoms with van der Waals surface area (Å²) in [4.78, 5) is 23.2. The Hall–Kier alpha value is -3.42. The number of carboxylic acid groups (broad SMARTS) is 1. The molecule has 0 unspecified atom stereocenters. The molecule has 128 valence electrons. The highest BCUT2D eigenvalue weighted by Gasteiger charge is 2.10. The van der Waals surface area contributed by atoms with E-state index in [-0.39, 0.29) is 18.0 Å². The van der Waals surface area contributed by atoms with E-state index in [4.69, 9.17) is 5.11 Å². The molecule has 0 fully saturated rings. The number of anilines is 1. The average Bonchev–Trinajstić information content (AvgIpc) is 3.14. The number of benzene rings is 1. The summed E-state index contributed by atoms with van der Waals surface area (Å²) in [6.07, 6.45) is 3.30. The summed E-state index contributed by atoms with van der Waals surface area (Å²) in [7, 11) is 1.75. The van der Waals surface area contributed by atoms with Gasteiger partial charge >= 0.3 is 5.97 Å². The topological polar surface area (TPSA) is 102 Å². The summed E-state index contributed by atoms with van der Waals surface area (Å²) in [5.74, 6) is -0.596. The first-order chi connectivity index (χ1) is 11.9. The van der Waals surface area contributed by atoms with Gasteiger partial charge in [0.1, 0.15) is 12.4 Å². The average molecular weight is 339 g/mol. The van der Waals surface area contributed by atoms with Gasteiger partial charge in [-0.1, -0.05) is 12.1 Å². The summed E-state index contributed by atoms with van der Waals surface area (Å²) >= 11 is 0. The highest BCUT2D eigenvalue weighted by Crippen LogP contribution is 2.20. The molecule has 0 spiro atoms. The van der Waals surface area contributed by atoms with Gasteiger partial charge in [0.15, 0.2) is 0 Å². The molecule has 0 atom stereocenters. The Morgan fingerprint density at radius 3 is 2.72 bits per heavy atom. The maximum atomic E-state index is 12.1. The van der Waals surface area contributed by atoms with Crippen LogP contribution in [0.15, 0.2) is 42.7 Å². The number of nitrogens with zero attached hydrogens (tertiary/aromatic N) is 4. The second-order valence-corrected chi connectivity index (χ2v) is 5.66. The first-order valence-corrected chi connectivity index (χ1v) is 7.59. The van der Waals surface area contributed by atoms with Crippen molar-refractivity contribution in [3.8, 4) is 11.1 Å². The van der Waals surface area contributed by atoms with Crippen molar-refractivity contribution in [2.45, 2.75) is 13.5 Å². The van der Waals surface area contributed by atoms with Gasteiger partial charge in [-0.05, 0) is 24.6 Å². The predicted octanol–water partition coefficient (Wildman–Crippen LogP) is 1.93. The van der Waals surface area contributed by atoms with Crippen LogP contribution in [0.1, 0.15) is 16.1 Å². The Labute approximate surface area is 143 Å². The number of carbonyl (C=O) groups is 2. The number of aromatic carboxylic acids is 1. The fourth-order valence-corrected chi connectivity index (χ4v) is 2.49. The van der Waals surface area contributed by atoms with Gasteiger partial charge in [0.2, 0.25) is 5.91 Å². The number of aryl methyl sites for hydroxylation is 2. The smallest absolute Gasteiger partial charge is 0.335 e. The first kappa shape index (κ1) is 16.4. The van der Waals surface area contributed by atoms with Gasteiger partial charge in [-0.2, -0.15) is 10.2 Å². The molecule has 8 nitrogen and oxygen atoms in total. The predicted molar refractivity (Wildman–Crippen MR) is 91.2 cm³/mol. The third kappa shape index (κ3) is 3.74. The van der Waals surface area contributed by atoms with Gasteiger partial charge in [-0.25, -0.2) is 4.79 Å². The summed E-state index contributed by atoms with van der Waals surface area (Å²) < 4.78 is 3.10. The van der Waals surface area contributed by atoms with Crippen molar-refractivity contribution < 1.29 is 14.7 Å². The van der Waals surface area contributed by atoms with Gasteiger partial charge in [-0.15, -0.1) is 0 Å². The van der Waals surface area contributed by atoms with Crippen LogP contribution in [0, 0.1) is 6.92 Å². The number of carboxylic acids is 1. The van der Waals surface area contributed by atoms with E-state index in [1.165, 1.54) is 10.7 Å². The lowest BCUT2D eigenvalue weighted by atomic mass is 10.1. The lowest BCUT2D eigenvalue weighted by Crippen LogP contribution is -2.20. The van der Waals surface area contributed by atoms with Crippen molar-refractivity contribution in [1.29, 1.82) is 0 Å². The molecule has 0 bridgehead atoms. The molecule has 3 aromatic rings. The van der Waals surface area contributed by atoms with E-state index in [1.54, 1.807) is 48.4 Å². The van der Waals surface area contributed by atoms with Crippen molar-refractivity contribution in [3.05, 3.63) is 54.0 Å². The summed E-state index contributed by atoms with van der Waals surface area (Å²) in [5.41, 5.74) is 2.49. The van der Waals surface area contributed by atoms with E-state index in [1.807, 2.05) is 6.92 Å². The maximum absolute atomic E-state index is 12.1. The molecule has 0 aliphatic carbocycles. The zero-order chi connectivity index (χ0) is 18.0. The van der Waals surface area contributed by atoms with Crippen LogP contribution in [-0.4, -0.2) is 36.5 Å². The molecule has 1 aromatic carbocycles. The van der Waals surface area contributed by atoms with Crippen molar-refractivity contribution in [2.24, 2.45) is 7.05 Å². The van der Waals surface area contributed by atoms with Crippen LogP contribution >= 0.6 is 0 Å². The minimum absolute atomic E-state index is 0.0445. The molecular formula is C17H17N5O3. The van der Waals surface area contributed by atoms with Crippen molar-refractivity contribution >= 4 is 17.7 Å². The number of nitrogens with one attached hydrogen (secondary N) is 1. The molecule has 2 heterocycles. The van der Waals surface area contributed by atoms with Crippen LogP contribution in [0.5, 0.6) is 0 Å². The Balaban J connectivity index is 1.71. The van der Waals surface area contributed by atoms with Crippen LogP contribution in [0.25, 0.3) is 11.1 Å². The largest absolute Gasteiger partial charge is 0.478 e. The van der Waals surface area contributed by atoms with E-state index in [2.05, 4.69) is 15.5 Å². The normalized spacial score (nSPS) is 10.6. The van der Waals surface area contributed by atoms with Gasteiger partial charge in [0, 0.05) is 24.9 Å². The number of amides is 1. The molecule has 2 N–H and O–H groups in total. The molecule has 0 aliphatic rings. The first-order valence-electron chi connectivity index (χ1n) is 7.59. The van der Waals surface area contributed by atoms with Crippen LogP contribution in [0.4, 0.5) is 5.82 Å². The van der Waals surface area contributed by atoms with Gasteiger partial charge in [0.05, 0.1) is 17.5 Å². The standard InChI is InChI=1S/C17H17N5O3/c1-11-6-15(21(2)20-11)19-16(23)10-22-9-14(8-18-22)12-4-3-5-13(7-12)17(24)25/h3-9H,10H2,1-2H3,(H,19,23)(H,24,25). The highest BCUT2D eigenvalue weighted by molar-refractivity contribution is 5.90. The molecule has 0 saturated heterocycles. The Morgan fingerprint density at radius 1 is 1.24 bits per heavy atom. The maximum Gasteiger partial charge on any atom is 0.335 e. The van der Waals surface area contributed by atoms with Crippen LogP contribution in [0.2, 0.25) is 0 Å². The van der Waals surface area contributed by atoms with Gasteiger partial charge in [-0.3, -0.25) is 14.2 Å². The molecule has 2 aromatic heterocycles. The van der Waals surface area contributed by atoms with Crippen LogP contribution in [-0.2, 0) is 18.4 Å². The second-order valence-electron chi connectivity index (χ2n) is 5.66. The molecular weight excluding hydrogens is 322 g/mol. The van der Waals surface area contributed by atoms with Crippen molar-refractivity contribution in [2.75, 3.05) is 5.32 Å². The third-order valence-corrected chi connectivity index (χ3v) is 3.65. The molecule has 3 rings (SSSR count). The number of aromatic nitrogens is 4. The van der Waals surface area contributed by atoms with E-state index in [0.717, 1.165) is 16.8 Å². The molecule has 0 aliphatic heterocycles. The van der Waals surface area contributed by atoms with Gasteiger partial charge < -0.3 is 10.4 Å². The quantitative estimate of drug-likeness (QED) is 0.739. The third-order valence-electron chi connectivity index (χ3n) is 3.65. The van der Waals surface area contributed by atoms with E-state index in [9.17, 15) is 9.59 Å². The Morgan fingerprint density at radius 2 is 2.04 bits per heavy atom. The second kappa shape index (κ2) is 6.60. The minimum Gasteiger partial charge on any atom is -0.478 e.